The monoisotopic (exact) mass is 257 g/mol. The molecule has 2 fully saturated rings. The van der Waals surface area contributed by atoms with Crippen molar-refractivity contribution >= 4 is 17.7 Å². The summed E-state index contributed by atoms with van der Waals surface area (Å²) >= 11 is 1.87. The molecular formula is C13H23NO2S. The van der Waals surface area contributed by atoms with Gasteiger partial charge in [0, 0.05) is 6.54 Å². The molecule has 0 spiro atoms. The van der Waals surface area contributed by atoms with Gasteiger partial charge < -0.3 is 5.11 Å². The van der Waals surface area contributed by atoms with E-state index in [0.29, 0.717) is 11.8 Å². The molecule has 0 aromatic rings. The summed E-state index contributed by atoms with van der Waals surface area (Å²) in [7, 11) is 0. The van der Waals surface area contributed by atoms with E-state index < -0.39 is 5.97 Å². The van der Waals surface area contributed by atoms with Crippen molar-refractivity contribution in [3.8, 4) is 0 Å². The molecule has 1 heterocycles. The van der Waals surface area contributed by atoms with E-state index >= 15 is 0 Å². The molecule has 2 aliphatic rings. The van der Waals surface area contributed by atoms with Crippen molar-refractivity contribution in [3.63, 3.8) is 0 Å². The van der Waals surface area contributed by atoms with E-state index in [2.05, 4.69) is 11.2 Å². The van der Waals surface area contributed by atoms with Crippen LogP contribution in [0.3, 0.4) is 0 Å². The fourth-order valence-electron chi connectivity index (χ4n) is 3.52. The largest absolute Gasteiger partial charge is 0.480 e. The summed E-state index contributed by atoms with van der Waals surface area (Å²) in [5, 5.41) is 9.39. The van der Waals surface area contributed by atoms with Crippen molar-refractivity contribution in [1.82, 2.24) is 4.90 Å². The highest BCUT2D eigenvalue weighted by Crippen LogP contribution is 2.42. The standard InChI is InChI=1S/C13H23NO2S/c1-17-8-3-2-7-14-9-10-5-4-6-11(10)12(14)13(15)16/h10-12H,2-9H2,1H3,(H,15,16). The highest BCUT2D eigenvalue weighted by molar-refractivity contribution is 7.98. The third-order valence-corrected chi connectivity index (χ3v) is 4.98. The molecule has 98 valence electrons. The van der Waals surface area contributed by atoms with Crippen molar-refractivity contribution < 1.29 is 9.90 Å². The van der Waals surface area contributed by atoms with Crippen molar-refractivity contribution in [3.05, 3.63) is 0 Å². The Morgan fingerprint density at radius 3 is 2.94 bits per heavy atom. The van der Waals surface area contributed by atoms with Crippen LogP contribution in [0.15, 0.2) is 0 Å². The van der Waals surface area contributed by atoms with E-state index in [1.807, 2.05) is 11.8 Å². The topological polar surface area (TPSA) is 40.5 Å². The molecule has 2 rings (SSSR count). The maximum absolute atomic E-state index is 11.4. The molecule has 1 saturated heterocycles. The minimum Gasteiger partial charge on any atom is -0.480 e. The molecular weight excluding hydrogens is 234 g/mol. The Kier molecular flexibility index (Phi) is 4.74. The molecule has 3 nitrogen and oxygen atoms in total. The number of thioether (sulfide) groups is 1. The van der Waals surface area contributed by atoms with E-state index in [0.717, 1.165) is 25.9 Å². The number of unbranched alkanes of at least 4 members (excludes halogenated alkanes) is 1. The lowest BCUT2D eigenvalue weighted by Gasteiger charge is -2.23. The number of aliphatic carboxylic acids is 1. The van der Waals surface area contributed by atoms with Crippen LogP contribution in [0.1, 0.15) is 32.1 Å². The van der Waals surface area contributed by atoms with Gasteiger partial charge in [0.25, 0.3) is 0 Å². The summed E-state index contributed by atoms with van der Waals surface area (Å²) in [5.41, 5.74) is 0. The first-order chi connectivity index (χ1) is 8.24. The second-order valence-electron chi connectivity index (χ2n) is 5.33. The van der Waals surface area contributed by atoms with Gasteiger partial charge in [-0.15, -0.1) is 0 Å². The van der Waals surface area contributed by atoms with Gasteiger partial charge in [0.2, 0.25) is 0 Å². The minimum atomic E-state index is -0.593. The van der Waals surface area contributed by atoms with Crippen LogP contribution in [0, 0.1) is 11.8 Å². The van der Waals surface area contributed by atoms with Gasteiger partial charge in [-0.2, -0.15) is 11.8 Å². The zero-order valence-electron chi connectivity index (χ0n) is 10.6. The Morgan fingerprint density at radius 1 is 1.41 bits per heavy atom. The molecule has 17 heavy (non-hydrogen) atoms. The fraction of sp³-hybridized carbons (Fsp3) is 0.923. The normalized spacial score (nSPS) is 32.9. The average molecular weight is 257 g/mol. The van der Waals surface area contributed by atoms with Gasteiger partial charge in [-0.05, 0) is 56.1 Å². The van der Waals surface area contributed by atoms with Crippen LogP contribution in [0.4, 0.5) is 0 Å². The van der Waals surface area contributed by atoms with Gasteiger partial charge in [-0.1, -0.05) is 6.42 Å². The van der Waals surface area contributed by atoms with Crippen molar-refractivity contribution in [1.29, 1.82) is 0 Å². The first-order valence-electron chi connectivity index (χ1n) is 6.70. The second kappa shape index (κ2) is 6.10. The molecule has 1 saturated carbocycles. The predicted molar refractivity (Wildman–Crippen MR) is 71.4 cm³/mol. The molecule has 0 aromatic heterocycles. The van der Waals surface area contributed by atoms with Gasteiger partial charge in [0.1, 0.15) is 6.04 Å². The molecule has 1 aliphatic heterocycles. The maximum atomic E-state index is 11.4. The Morgan fingerprint density at radius 2 is 2.24 bits per heavy atom. The van der Waals surface area contributed by atoms with Crippen LogP contribution in [-0.4, -0.2) is 47.1 Å². The first kappa shape index (κ1) is 13.2. The van der Waals surface area contributed by atoms with E-state index in [4.69, 9.17) is 0 Å². The molecule has 0 radical (unpaired) electrons. The van der Waals surface area contributed by atoms with Gasteiger partial charge in [0.05, 0.1) is 0 Å². The molecule has 0 aromatic carbocycles. The Balaban J connectivity index is 1.86. The summed E-state index contributed by atoms with van der Waals surface area (Å²) < 4.78 is 0. The number of fused-ring (bicyclic) bond motifs is 1. The number of carboxylic acid groups (broad SMARTS) is 1. The second-order valence-corrected chi connectivity index (χ2v) is 6.32. The van der Waals surface area contributed by atoms with Crippen LogP contribution in [0.5, 0.6) is 0 Å². The van der Waals surface area contributed by atoms with E-state index in [9.17, 15) is 9.90 Å². The zero-order chi connectivity index (χ0) is 12.3. The molecule has 1 aliphatic carbocycles. The number of nitrogens with zero attached hydrogens (tertiary/aromatic N) is 1. The molecule has 0 amide bonds. The Hall–Kier alpha value is -0.220. The summed E-state index contributed by atoms with van der Waals surface area (Å²) in [5.74, 6) is 1.70. The predicted octanol–water partition coefficient (Wildman–Crippen LogP) is 2.31. The first-order valence-corrected chi connectivity index (χ1v) is 8.09. The van der Waals surface area contributed by atoms with Crippen LogP contribution >= 0.6 is 11.8 Å². The Labute approximate surface area is 108 Å². The Bertz CT molecular complexity index is 272. The average Bonchev–Trinajstić information content (AvgIpc) is 2.83. The fourth-order valence-corrected chi connectivity index (χ4v) is 4.02. The van der Waals surface area contributed by atoms with Crippen LogP contribution in [-0.2, 0) is 4.79 Å². The number of likely N-dealkylation sites (tertiary alicyclic amines) is 1. The number of hydrogen-bond donors (Lipinski definition) is 1. The zero-order valence-corrected chi connectivity index (χ0v) is 11.4. The lowest BCUT2D eigenvalue weighted by atomic mass is 9.94. The number of carbonyl (C=O) groups is 1. The van der Waals surface area contributed by atoms with Crippen molar-refractivity contribution in [2.75, 3.05) is 25.1 Å². The van der Waals surface area contributed by atoms with Gasteiger partial charge in [-0.3, -0.25) is 9.69 Å². The highest BCUT2D eigenvalue weighted by Gasteiger charge is 2.47. The van der Waals surface area contributed by atoms with Gasteiger partial charge in [0.15, 0.2) is 0 Å². The number of hydrogen-bond acceptors (Lipinski definition) is 3. The minimum absolute atomic E-state index is 0.184. The lowest BCUT2D eigenvalue weighted by molar-refractivity contribution is -0.143. The van der Waals surface area contributed by atoms with Gasteiger partial charge in [-0.25, -0.2) is 0 Å². The molecule has 3 unspecified atom stereocenters. The summed E-state index contributed by atoms with van der Waals surface area (Å²) in [6.07, 6.45) is 8.09. The molecule has 0 bridgehead atoms. The molecule has 4 heteroatoms. The van der Waals surface area contributed by atoms with Crippen LogP contribution < -0.4 is 0 Å². The van der Waals surface area contributed by atoms with Crippen LogP contribution in [0.25, 0.3) is 0 Å². The van der Waals surface area contributed by atoms with Crippen molar-refractivity contribution in [2.45, 2.75) is 38.1 Å². The number of rotatable bonds is 6. The third-order valence-electron chi connectivity index (χ3n) is 4.28. The van der Waals surface area contributed by atoms with Crippen LogP contribution in [0.2, 0.25) is 0 Å². The summed E-state index contributed by atoms with van der Waals surface area (Å²) in [6, 6.07) is -0.184. The summed E-state index contributed by atoms with van der Waals surface area (Å²) in [4.78, 5) is 13.6. The van der Waals surface area contributed by atoms with Gasteiger partial charge >= 0.3 is 5.97 Å². The highest BCUT2D eigenvalue weighted by atomic mass is 32.2. The van der Waals surface area contributed by atoms with Crippen molar-refractivity contribution in [2.24, 2.45) is 11.8 Å². The summed E-state index contributed by atoms with van der Waals surface area (Å²) in [6.45, 7) is 2.01. The van der Waals surface area contributed by atoms with E-state index in [1.54, 1.807) is 0 Å². The van der Waals surface area contributed by atoms with E-state index in [-0.39, 0.29) is 6.04 Å². The number of carboxylic acids is 1. The van der Waals surface area contributed by atoms with E-state index in [1.165, 1.54) is 25.0 Å². The quantitative estimate of drug-likeness (QED) is 0.741. The maximum Gasteiger partial charge on any atom is 0.321 e. The smallest absolute Gasteiger partial charge is 0.321 e. The molecule has 3 atom stereocenters. The lowest BCUT2D eigenvalue weighted by Crippen LogP contribution is -2.40. The SMILES string of the molecule is CSCCCCN1CC2CCCC2C1C(=O)O. The third kappa shape index (κ3) is 2.97. The molecule has 1 N–H and O–H groups in total.